The number of para-hydroxylation sites is 2. The number of aromatic amines is 2. The Kier molecular flexibility index (Phi) is 2.00. The number of benzene rings is 2. The molecular formula is C15H12N4. The second kappa shape index (κ2) is 3.68. The van der Waals surface area contributed by atoms with E-state index in [0.717, 1.165) is 33.5 Å². The summed E-state index contributed by atoms with van der Waals surface area (Å²) < 4.78 is 0. The average molecular weight is 248 g/mol. The maximum absolute atomic E-state index is 4.59. The molecule has 0 saturated carbocycles. The van der Waals surface area contributed by atoms with Crippen molar-refractivity contribution in [2.24, 2.45) is 0 Å². The summed E-state index contributed by atoms with van der Waals surface area (Å²) in [6, 6.07) is 14.3. The van der Waals surface area contributed by atoms with Gasteiger partial charge in [-0.3, -0.25) is 5.10 Å². The van der Waals surface area contributed by atoms with E-state index in [9.17, 15) is 0 Å². The highest BCUT2D eigenvalue weighted by molar-refractivity contribution is 5.93. The number of nitrogens with one attached hydrogen (secondary N) is 2. The lowest BCUT2D eigenvalue weighted by molar-refractivity contribution is 1.10. The van der Waals surface area contributed by atoms with Gasteiger partial charge in [-0.25, -0.2) is 4.98 Å². The second-order valence-electron chi connectivity index (χ2n) is 4.72. The first-order chi connectivity index (χ1) is 9.31. The van der Waals surface area contributed by atoms with Gasteiger partial charge in [-0.05, 0) is 30.7 Å². The first kappa shape index (κ1) is 10.3. The van der Waals surface area contributed by atoms with Gasteiger partial charge in [-0.1, -0.05) is 24.3 Å². The molecule has 0 radical (unpaired) electrons. The minimum Gasteiger partial charge on any atom is -0.337 e. The monoisotopic (exact) mass is 248 g/mol. The molecule has 0 amide bonds. The van der Waals surface area contributed by atoms with Gasteiger partial charge in [-0.15, -0.1) is 0 Å². The number of nitrogens with zero attached hydrogens (tertiary/aromatic N) is 2. The molecule has 0 spiro atoms. The van der Waals surface area contributed by atoms with Crippen molar-refractivity contribution >= 4 is 21.9 Å². The molecule has 2 N–H and O–H groups in total. The smallest absolute Gasteiger partial charge is 0.159 e. The van der Waals surface area contributed by atoms with Gasteiger partial charge in [-0.2, -0.15) is 5.10 Å². The lowest BCUT2D eigenvalue weighted by Crippen LogP contribution is -1.81. The lowest BCUT2D eigenvalue weighted by atomic mass is 10.1. The van der Waals surface area contributed by atoms with Crippen molar-refractivity contribution in [1.82, 2.24) is 20.2 Å². The fraction of sp³-hybridized carbons (Fsp3) is 0.0667. The number of fused-ring (bicyclic) bond motifs is 2. The normalized spacial score (nSPS) is 11.4. The Bertz CT molecular complexity index is 852. The second-order valence-corrected chi connectivity index (χ2v) is 4.72. The molecule has 0 aliphatic carbocycles. The maximum Gasteiger partial charge on any atom is 0.159 e. The summed E-state index contributed by atoms with van der Waals surface area (Å²) in [6.07, 6.45) is 0. The van der Waals surface area contributed by atoms with Crippen LogP contribution in [0, 0.1) is 6.92 Å². The summed E-state index contributed by atoms with van der Waals surface area (Å²) in [5.41, 5.74) is 5.11. The van der Waals surface area contributed by atoms with Crippen LogP contribution in [0.25, 0.3) is 33.5 Å². The molecule has 0 unspecified atom stereocenters. The van der Waals surface area contributed by atoms with Crippen molar-refractivity contribution in [3.8, 4) is 11.5 Å². The van der Waals surface area contributed by atoms with Gasteiger partial charge in [0, 0.05) is 5.39 Å². The molecule has 4 nitrogen and oxygen atoms in total. The van der Waals surface area contributed by atoms with Gasteiger partial charge >= 0.3 is 0 Å². The zero-order valence-electron chi connectivity index (χ0n) is 10.4. The average Bonchev–Trinajstić information content (AvgIpc) is 3.00. The van der Waals surface area contributed by atoms with Crippen molar-refractivity contribution in [2.45, 2.75) is 6.92 Å². The minimum absolute atomic E-state index is 0.802. The fourth-order valence-electron chi connectivity index (χ4n) is 2.38. The molecular weight excluding hydrogens is 236 g/mol. The van der Waals surface area contributed by atoms with E-state index in [0.29, 0.717) is 0 Å². The van der Waals surface area contributed by atoms with E-state index in [1.807, 2.05) is 24.3 Å². The Morgan fingerprint density at radius 1 is 1.00 bits per heavy atom. The largest absolute Gasteiger partial charge is 0.337 e. The number of imidazole rings is 1. The third kappa shape index (κ3) is 1.53. The molecule has 0 fully saturated rings. The van der Waals surface area contributed by atoms with Crippen molar-refractivity contribution < 1.29 is 0 Å². The van der Waals surface area contributed by atoms with Crippen molar-refractivity contribution in [3.05, 3.63) is 48.0 Å². The van der Waals surface area contributed by atoms with Gasteiger partial charge in [0.05, 0.1) is 16.6 Å². The predicted molar refractivity (Wildman–Crippen MR) is 75.9 cm³/mol. The Morgan fingerprint density at radius 3 is 2.79 bits per heavy atom. The van der Waals surface area contributed by atoms with Crippen LogP contribution in [0.1, 0.15) is 5.56 Å². The number of hydrogen-bond acceptors (Lipinski definition) is 2. The molecule has 0 atom stereocenters. The van der Waals surface area contributed by atoms with E-state index in [1.165, 1.54) is 5.56 Å². The molecule has 2 aromatic carbocycles. The highest BCUT2D eigenvalue weighted by atomic mass is 15.1. The third-order valence-electron chi connectivity index (χ3n) is 3.33. The molecule has 2 aromatic heterocycles. The molecule has 4 rings (SSSR count). The van der Waals surface area contributed by atoms with Crippen LogP contribution in [0.2, 0.25) is 0 Å². The summed E-state index contributed by atoms with van der Waals surface area (Å²) in [5.74, 6) is 0.802. The Labute approximate surface area is 109 Å². The van der Waals surface area contributed by atoms with E-state index in [-0.39, 0.29) is 0 Å². The van der Waals surface area contributed by atoms with E-state index >= 15 is 0 Å². The van der Waals surface area contributed by atoms with Gasteiger partial charge < -0.3 is 4.98 Å². The fourth-order valence-corrected chi connectivity index (χ4v) is 2.38. The topological polar surface area (TPSA) is 57.4 Å². The van der Waals surface area contributed by atoms with Crippen molar-refractivity contribution in [1.29, 1.82) is 0 Å². The van der Waals surface area contributed by atoms with Crippen LogP contribution in [-0.4, -0.2) is 20.2 Å². The zero-order valence-corrected chi connectivity index (χ0v) is 10.4. The molecule has 92 valence electrons. The van der Waals surface area contributed by atoms with Gasteiger partial charge in [0.25, 0.3) is 0 Å². The van der Waals surface area contributed by atoms with Crippen LogP contribution >= 0.6 is 0 Å². The van der Waals surface area contributed by atoms with E-state index < -0.39 is 0 Å². The van der Waals surface area contributed by atoms with Crippen molar-refractivity contribution in [2.75, 3.05) is 0 Å². The third-order valence-corrected chi connectivity index (χ3v) is 3.33. The molecule has 19 heavy (non-hydrogen) atoms. The quantitative estimate of drug-likeness (QED) is 0.542. The number of H-pyrrole nitrogens is 2. The summed E-state index contributed by atoms with van der Waals surface area (Å²) in [6.45, 7) is 2.07. The van der Waals surface area contributed by atoms with E-state index in [4.69, 9.17) is 0 Å². The standard InChI is InChI=1S/C15H12N4/c1-9-6-7-10-13(8-9)18-19-14(10)15-16-11-4-2-3-5-12(11)17-15/h2-8H,1H3,(H,16,17)(H,18,19). The minimum atomic E-state index is 0.802. The SMILES string of the molecule is Cc1ccc2c(-c3nc4ccccc4[nH]3)n[nH]c2c1. The Hall–Kier alpha value is -2.62. The van der Waals surface area contributed by atoms with Crippen molar-refractivity contribution in [3.63, 3.8) is 0 Å². The van der Waals surface area contributed by atoms with Crippen LogP contribution < -0.4 is 0 Å². The van der Waals surface area contributed by atoms with E-state index in [2.05, 4.69) is 45.3 Å². The number of rotatable bonds is 1. The van der Waals surface area contributed by atoms with Crippen LogP contribution in [0.5, 0.6) is 0 Å². The summed E-state index contributed by atoms with van der Waals surface area (Å²) in [7, 11) is 0. The molecule has 0 bridgehead atoms. The molecule has 4 aromatic rings. The molecule has 0 aliphatic rings. The van der Waals surface area contributed by atoms with Crippen LogP contribution in [0.15, 0.2) is 42.5 Å². The van der Waals surface area contributed by atoms with Gasteiger partial charge in [0.1, 0.15) is 5.69 Å². The highest BCUT2D eigenvalue weighted by Gasteiger charge is 2.11. The first-order valence-corrected chi connectivity index (χ1v) is 6.21. The van der Waals surface area contributed by atoms with E-state index in [1.54, 1.807) is 0 Å². The van der Waals surface area contributed by atoms with Gasteiger partial charge in [0.2, 0.25) is 0 Å². The number of hydrogen-bond donors (Lipinski definition) is 2. The number of aromatic nitrogens is 4. The molecule has 0 aliphatic heterocycles. The summed E-state index contributed by atoms with van der Waals surface area (Å²) in [4.78, 5) is 7.90. The molecule has 4 heteroatoms. The lowest BCUT2D eigenvalue weighted by Gasteiger charge is -1.93. The predicted octanol–water partition coefficient (Wildman–Crippen LogP) is 3.41. The van der Waals surface area contributed by atoms with Crippen LogP contribution in [0.3, 0.4) is 0 Å². The molecule has 2 heterocycles. The zero-order chi connectivity index (χ0) is 12.8. The highest BCUT2D eigenvalue weighted by Crippen LogP contribution is 2.26. The van der Waals surface area contributed by atoms with Gasteiger partial charge in [0.15, 0.2) is 5.82 Å². The Balaban J connectivity index is 1.98. The Morgan fingerprint density at radius 2 is 1.89 bits per heavy atom. The van der Waals surface area contributed by atoms with Crippen LogP contribution in [-0.2, 0) is 0 Å². The summed E-state index contributed by atoms with van der Waals surface area (Å²) in [5, 5.41) is 8.53. The van der Waals surface area contributed by atoms with Crippen LogP contribution in [0.4, 0.5) is 0 Å². The number of aryl methyl sites for hydroxylation is 1. The first-order valence-electron chi connectivity index (χ1n) is 6.21. The maximum atomic E-state index is 4.59. The summed E-state index contributed by atoms with van der Waals surface area (Å²) >= 11 is 0. The molecule has 0 saturated heterocycles.